The van der Waals surface area contributed by atoms with Crippen LogP contribution in [0.1, 0.15) is 137 Å². The van der Waals surface area contributed by atoms with Crippen LogP contribution in [0.15, 0.2) is 22.4 Å². The van der Waals surface area contributed by atoms with Crippen molar-refractivity contribution in [2.45, 2.75) is 145 Å². The zero-order chi connectivity index (χ0) is 29.6. The molecular weight excluding hydrogens is 647 g/mol. The number of nitrogens with one attached hydrogen (secondary N) is 1. The average molecular weight is 701 g/mol. The van der Waals surface area contributed by atoms with Crippen molar-refractivity contribution in [2.75, 3.05) is 16.8 Å². The van der Waals surface area contributed by atoms with Crippen LogP contribution in [-0.2, 0) is 8.84 Å². The van der Waals surface area contributed by atoms with Gasteiger partial charge in [0, 0.05) is 31.7 Å². The van der Waals surface area contributed by atoms with E-state index in [1.165, 1.54) is 77.0 Å². The fourth-order valence-corrected chi connectivity index (χ4v) is 6.61. The smallest absolute Gasteiger partial charge is 0.232 e. The van der Waals surface area contributed by atoms with Gasteiger partial charge in [-0.3, -0.25) is 0 Å². The molecular formula is C32H53IN4OS2. The van der Waals surface area contributed by atoms with E-state index in [2.05, 4.69) is 76.4 Å². The first kappa shape index (κ1) is 35.5. The molecule has 0 amide bonds. The number of hydrogen-bond acceptors (Lipinski definition) is 7. The predicted octanol–water partition coefficient (Wildman–Crippen LogP) is 11.2. The third-order valence-corrected chi connectivity index (χ3v) is 9.32. The van der Waals surface area contributed by atoms with Gasteiger partial charge in [-0.2, -0.15) is 15.0 Å². The molecule has 226 valence electrons. The molecule has 0 bridgehead atoms. The fraction of sp³-hybridized carbons (Fsp3) is 0.719. The van der Waals surface area contributed by atoms with Gasteiger partial charge in [0.2, 0.25) is 5.95 Å². The summed E-state index contributed by atoms with van der Waals surface area (Å²) in [6, 6.07) is 4.07. The van der Waals surface area contributed by atoms with Crippen molar-refractivity contribution in [2.24, 2.45) is 0 Å². The van der Waals surface area contributed by atoms with Crippen LogP contribution in [0.2, 0.25) is 0 Å². The van der Waals surface area contributed by atoms with Crippen LogP contribution < -0.4 is 5.32 Å². The number of halogens is 1. The summed E-state index contributed by atoms with van der Waals surface area (Å²) in [5.41, 5.74) is 2.52. The van der Waals surface area contributed by atoms with Crippen LogP contribution in [0.4, 0.5) is 11.6 Å². The van der Waals surface area contributed by atoms with E-state index in [0.29, 0.717) is 11.7 Å². The van der Waals surface area contributed by atoms with Crippen LogP contribution in [0.5, 0.6) is 5.75 Å². The molecule has 40 heavy (non-hydrogen) atoms. The van der Waals surface area contributed by atoms with E-state index in [-0.39, 0.29) is 8.84 Å². The minimum absolute atomic E-state index is 0.201. The zero-order valence-electron chi connectivity index (χ0n) is 26.0. The van der Waals surface area contributed by atoms with Gasteiger partial charge in [0.15, 0.2) is 10.3 Å². The van der Waals surface area contributed by atoms with Crippen molar-refractivity contribution in [3.8, 4) is 5.75 Å². The summed E-state index contributed by atoms with van der Waals surface area (Å²) in [6.07, 6.45) is 15.4. The highest BCUT2D eigenvalue weighted by atomic mass is 127. The Bertz CT molecular complexity index is 950. The number of aromatic hydroxyl groups is 1. The summed E-state index contributed by atoms with van der Waals surface area (Å²) in [7, 11) is 0. The monoisotopic (exact) mass is 700 g/mol. The number of aromatic nitrogens is 3. The summed E-state index contributed by atoms with van der Waals surface area (Å²) in [6.45, 7) is 15.2. The molecule has 2 N–H and O–H groups in total. The molecule has 5 nitrogen and oxygen atoms in total. The molecule has 0 fully saturated rings. The van der Waals surface area contributed by atoms with Crippen molar-refractivity contribution >= 4 is 57.8 Å². The molecule has 1 heterocycles. The van der Waals surface area contributed by atoms with Crippen molar-refractivity contribution in [3.63, 3.8) is 0 Å². The van der Waals surface area contributed by atoms with Gasteiger partial charge in [0.05, 0.1) is 0 Å². The molecule has 0 aliphatic carbocycles. The number of benzene rings is 1. The van der Waals surface area contributed by atoms with Gasteiger partial charge in [-0.05, 0) is 44.2 Å². The van der Waals surface area contributed by atoms with Gasteiger partial charge in [0.1, 0.15) is 5.75 Å². The van der Waals surface area contributed by atoms with E-state index in [1.807, 2.05) is 12.1 Å². The van der Waals surface area contributed by atoms with E-state index < -0.39 is 0 Å². The Morgan fingerprint density at radius 3 is 1.60 bits per heavy atom. The lowest BCUT2D eigenvalue weighted by atomic mass is 9.83. The number of hydrogen-bond donors (Lipinski definition) is 2. The fourth-order valence-electron chi connectivity index (χ4n) is 4.48. The first-order valence-corrected chi connectivity index (χ1v) is 18.4. The van der Waals surface area contributed by atoms with Crippen molar-refractivity contribution < 1.29 is 5.11 Å². The first-order valence-electron chi connectivity index (χ1n) is 15.3. The van der Waals surface area contributed by atoms with Gasteiger partial charge in [-0.25, -0.2) is 0 Å². The molecule has 0 aliphatic rings. The molecule has 1 aromatic carbocycles. The Hall–Kier alpha value is -0.740. The van der Waals surface area contributed by atoms with Crippen LogP contribution >= 0.6 is 46.1 Å². The molecule has 1 aromatic heterocycles. The summed E-state index contributed by atoms with van der Waals surface area (Å²) < 4.78 is -0.227. The standard InChI is InChI=1S/C32H53IN4OS2/c1-8-10-12-14-16-18-20-39-29-35-28(36-30(37-29)40-21-19-17-15-13-11-9-2)34-24-22-25(31(3,4)5)27(38)26(23-24)32(6,7)33/h22-23,38H,8-21H2,1-7H3,(H,34,35,36,37). The SMILES string of the molecule is CCCCCCCCSc1nc(Nc2cc(C(C)(C)C)c(O)c(C(C)(C)I)c2)nc(SCCCCCCCC)n1. The van der Waals surface area contributed by atoms with E-state index in [1.54, 1.807) is 23.5 Å². The van der Waals surface area contributed by atoms with Crippen LogP contribution in [0, 0.1) is 0 Å². The molecule has 2 rings (SSSR count). The highest BCUT2D eigenvalue weighted by Gasteiger charge is 2.28. The summed E-state index contributed by atoms with van der Waals surface area (Å²) in [5.74, 6) is 3.00. The van der Waals surface area contributed by atoms with E-state index in [9.17, 15) is 5.11 Å². The number of thioether (sulfide) groups is 2. The second kappa shape index (κ2) is 18.0. The Morgan fingerprint density at radius 1 is 0.700 bits per heavy atom. The Balaban J connectivity index is 2.22. The molecule has 0 unspecified atom stereocenters. The number of phenolic OH excluding ortho intramolecular Hbond substituents is 1. The Morgan fingerprint density at radius 2 is 1.15 bits per heavy atom. The third-order valence-electron chi connectivity index (χ3n) is 6.87. The zero-order valence-corrected chi connectivity index (χ0v) is 29.8. The maximum absolute atomic E-state index is 11.1. The number of alkyl halides is 1. The summed E-state index contributed by atoms with van der Waals surface area (Å²) in [5, 5.41) is 16.2. The van der Waals surface area contributed by atoms with E-state index in [4.69, 9.17) is 15.0 Å². The maximum atomic E-state index is 11.1. The van der Waals surface area contributed by atoms with Gasteiger partial charge in [0.25, 0.3) is 0 Å². The lowest BCUT2D eigenvalue weighted by Crippen LogP contribution is -2.16. The molecule has 0 aliphatic heterocycles. The second-order valence-electron chi connectivity index (χ2n) is 12.2. The lowest BCUT2D eigenvalue weighted by molar-refractivity contribution is 0.436. The largest absolute Gasteiger partial charge is 0.507 e. The number of rotatable bonds is 19. The minimum atomic E-state index is -0.227. The molecule has 0 radical (unpaired) electrons. The third kappa shape index (κ3) is 13.1. The lowest BCUT2D eigenvalue weighted by Gasteiger charge is -2.27. The van der Waals surface area contributed by atoms with Crippen LogP contribution in [0.25, 0.3) is 0 Å². The molecule has 0 atom stereocenters. The Kier molecular flexibility index (Phi) is 16.0. The molecule has 2 aromatic rings. The topological polar surface area (TPSA) is 70.9 Å². The number of nitrogens with zero attached hydrogens (tertiary/aromatic N) is 3. The predicted molar refractivity (Wildman–Crippen MR) is 185 cm³/mol. The summed E-state index contributed by atoms with van der Waals surface area (Å²) >= 11 is 5.87. The van der Waals surface area contributed by atoms with Gasteiger partial charge >= 0.3 is 0 Å². The highest BCUT2D eigenvalue weighted by molar-refractivity contribution is 14.1. The van der Waals surface area contributed by atoms with E-state index in [0.717, 1.165) is 38.6 Å². The quantitative estimate of drug-likeness (QED) is 0.0497. The summed E-state index contributed by atoms with van der Waals surface area (Å²) in [4.78, 5) is 14.4. The normalized spacial score (nSPS) is 12.2. The molecule has 0 spiro atoms. The maximum Gasteiger partial charge on any atom is 0.232 e. The molecule has 0 saturated heterocycles. The van der Waals surface area contributed by atoms with Crippen molar-refractivity contribution in [3.05, 3.63) is 23.3 Å². The van der Waals surface area contributed by atoms with Gasteiger partial charge in [-0.15, -0.1) is 0 Å². The average Bonchev–Trinajstić information content (AvgIpc) is 2.87. The van der Waals surface area contributed by atoms with Crippen molar-refractivity contribution in [1.82, 2.24) is 15.0 Å². The number of unbranched alkanes of at least 4 members (excludes halogenated alkanes) is 10. The van der Waals surface area contributed by atoms with Gasteiger partial charge < -0.3 is 10.4 Å². The number of phenols is 1. The van der Waals surface area contributed by atoms with Crippen molar-refractivity contribution in [1.29, 1.82) is 0 Å². The van der Waals surface area contributed by atoms with Crippen LogP contribution in [0.3, 0.4) is 0 Å². The van der Waals surface area contributed by atoms with Gasteiger partial charge in [-0.1, -0.05) is 145 Å². The first-order chi connectivity index (χ1) is 19.0. The highest BCUT2D eigenvalue weighted by Crippen LogP contribution is 2.44. The minimum Gasteiger partial charge on any atom is -0.507 e. The van der Waals surface area contributed by atoms with Crippen LogP contribution in [-0.4, -0.2) is 31.6 Å². The molecule has 8 heteroatoms. The second-order valence-corrected chi connectivity index (χ2v) is 17.0. The Labute approximate surface area is 266 Å². The molecule has 0 saturated carbocycles. The van der Waals surface area contributed by atoms with E-state index >= 15 is 0 Å². The number of anilines is 2.